The summed E-state index contributed by atoms with van der Waals surface area (Å²) in [5.41, 5.74) is 6.90. The smallest absolute Gasteiger partial charge is 0.241 e. The summed E-state index contributed by atoms with van der Waals surface area (Å²) < 4.78 is 11.3. The van der Waals surface area contributed by atoms with Gasteiger partial charge in [0.25, 0.3) is 0 Å². The first-order valence-corrected chi connectivity index (χ1v) is 6.39. The van der Waals surface area contributed by atoms with Crippen molar-refractivity contribution in [1.82, 2.24) is 9.97 Å². The summed E-state index contributed by atoms with van der Waals surface area (Å²) in [6, 6.07) is 7.12. The number of ether oxygens (including phenoxy) is 2. The van der Waals surface area contributed by atoms with E-state index >= 15 is 0 Å². The Kier molecular flexibility index (Phi) is 3.79. The monoisotopic (exact) mass is 273 g/mol. The average Bonchev–Trinajstić information content (AvgIpc) is 2.34. The van der Waals surface area contributed by atoms with Crippen molar-refractivity contribution < 1.29 is 9.47 Å². The fourth-order valence-corrected chi connectivity index (χ4v) is 1.50. The number of rotatable bonds is 3. The molecule has 106 valence electrons. The van der Waals surface area contributed by atoms with Gasteiger partial charge in [-0.25, -0.2) is 0 Å². The number of pyridine rings is 2. The highest BCUT2D eigenvalue weighted by Crippen LogP contribution is 2.28. The predicted molar refractivity (Wildman–Crippen MR) is 78.1 cm³/mol. The lowest BCUT2D eigenvalue weighted by Crippen LogP contribution is -2.24. The molecule has 0 aliphatic rings. The molecule has 0 aliphatic carbocycles. The fraction of sp³-hybridized carbons (Fsp3) is 0.333. The molecule has 0 saturated heterocycles. The lowest BCUT2D eigenvalue weighted by Gasteiger charge is -2.21. The minimum absolute atomic E-state index is 0.370. The van der Waals surface area contributed by atoms with Crippen LogP contribution in [0.5, 0.6) is 17.5 Å². The van der Waals surface area contributed by atoms with E-state index in [2.05, 4.69) is 9.97 Å². The zero-order valence-corrected chi connectivity index (χ0v) is 12.2. The van der Waals surface area contributed by atoms with Gasteiger partial charge in [-0.2, -0.15) is 4.98 Å². The normalized spacial score (nSPS) is 11.2. The summed E-state index contributed by atoms with van der Waals surface area (Å²) in [5.74, 6) is 1.41. The third-order valence-corrected chi connectivity index (χ3v) is 2.37. The number of hydrogen-bond donors (Lipinski definition) is 1. The van der Waals surface area contributed by atoms with Crippen LogP contribution >= 0.6 is 0 Å². The third-order valence-electron chi connectivity index (χ3n) is 2.37. The third kappa shape index (κ3) is 3.85. The molecule has 5 nitrogen and oxygen atoms in total. The van der Waals surface area contributed by atoms with Gasteiger partial charge in [0, 0.05) is 11.8 Å². The van der Waals surface area contributed by atoms with Crippen molar-refractivity contribution in [2.75, 3.05) is 5.73 Å². The zero-order chi connectivity index (χ0) is 14.8. The number of anilines is 1. The van der Waals surface area contributed by atoms with Crippen molar-refractivity contribution in [1.29, 1.82) is 0 Å². The molecule has 20 heavy (non-hydrogen) atoms. The van der Waals surface area contributed by atoms with Crippen molar-refractivity contribution >= 4 is 5.69 Å². The second kappa shape index (κ2) is 5.36. The number of hydrogen-bond acceptors (Lipinski definition) is 5. The van der Waals surface area contributed by atoms with Gasteiger partial charge in [-0.15, -0.1) is 0 Å². The van der Waals surface area contributed by atoms with Gasteiger partial charge in [0.2, 0.25) is 11.8 Å². The molecule has 0 fully saturated rings. The molecule has 0 amide bonds. The summed E-state index contributed by atoms with van der Waals surface area (Å²) >= 11 is 0. The van der Waals surface area contributed by atoms with Crippen LogP contribution < -0.4 is 15.2 Å². The standard InChI is InChI=1S/C15H19N3O2/c1-10-5-6-11(9-17-10)19-13-8-7-12(16)14(18-13)20-15(2,3)4/h5-9H,16H2,1-4H3. The molecule has 0 aliphatic heterocycles. The molecule has 0 saturated carbocycles. The summed E-state index contributed by atoms with van der Waals surface area (Å²) in [5, 5.41) is 0. The minimum atomic E-state index is -0.370. The minimum Gasteiger partial charge on any atom is -0.470 e. The molecule has 2 heterocycles. The molecule has 0 unspecified atom stereocenters. The largest absolute Gasteiger partial charge is 0.470 e. The lowest BCUT2D eigenvalue weighted by atomic mass is 10.2. The van der Waals surface area contributed by atoms with Crippen LogP contribution in [0, 0.1) is 6.92 Å². The van der Waals surface area contributed by atoms with Gasteiger partial charge >= 0.3 is 0 Å². The highest BCUT2D eigenvalue weighted by atomic mass is 16.5. The first-order valence-electron chi connectivity index (χ1n) is 6.39. The Morgan fingerprint density at radius 3 is 2.45 bits per heavy atom. The van der Waals surface area contributed by atoms with Crippen LogP contribution in [0.2, 0.25) is 0 Å². The summed E-state index contributed by atoms with van der Waals surface area (Å²) in [4.78, 5) is 8.44. The average molecular weight is 273 g/mol. The van der Waals surface area contributed by atoms with Gasteiger partial charge in [-0.05, 0) is 45.9 Å². The maximum absolute atomic E-state index is 5.85. The van der Waals surface area contributed by atoms with Crippen molar-refractivity contribution in [2.45, 2.75) is 33.3 Å². The van der Waals surface area contributed by atoms with Crippen LogP contribution in [0.1, 0.15) is 26.5 Å². The molecule has 0 radical (unpaired) electrons. The molecule has 2 rings (SSSR count). The SMILES string of the molecule is Cc1ccc(Oc2ccc(N)c(OC(C)(C)C)n2)cn1. The molecule has 0 bridgehead atoms. The molecule has 2 aromatic rings. The molecular formula is C15H19N3O2. The van der Waals surface area contributed by atoms with E-state index in [0.717, 1.165) is 5.69 Å². The highest BCUT2D eigenvalue weighted by Gasteiger charge is 2.16. The topological polar surface area (TPSA) is 70.3 Å². The van der Waals surface area contributed by atoms with Crippen LogP contribution in [-0.4, -0.2) is 15.6 Å². The molecule has 0 spiro atoms. The van der Waals surface area contributed by atoms with Crippen molar-refractivity contribution in [3.63, 3.8) is 0 Å². The van der Waals surface area contributed by atoms with Crippen molar-refractivity contribution in [3.8, 4) is 17.5 Å². The zero-order valence-electron chi connectivity index (χ0n) is 12.2. The first-order chi connectivity index (χ1) is 9.33. The Labute approximate surface area is 118 Å². The van der Waals surface area contributed by atoms with E-state index in [0.29, 0.717) is 23.2 Å². The van der Waals surface area contributed by atoms with Crippen molar-refractivity contribution in [2.24, 2.45) is 0 Å². The van der Waals surface area contributed by atoms with Gasteiger partial charge in [-0.3, -0.25) is 4.98 Å². The number of aryl methyl sites for hydroxylation is 1. The van der Waals surface area contributed by atoms with Gasteiger partial charge < -0.3 is 15.2 Å². The number of nitrogen functional groups attached to an aromatic ring is 1. The van der Waals surface area contributed by atoms with E-state index in [-0.39, 0.29) is 5.60 Å². The Morgan fingerprint density at radius 1 is 1.10 bits per heavy atom. The van der Waals surface area contributed by atoms with E-state index < -0.39 is 0 Å². The molecule has 0 aromatic carbocycles. The van der Waals surface area contributed by atoms with Crippen LogP contribution in [0.3, 0.4) is 0 Å². The summed E-state index contributed by atoms with van der Waals surface area (Å²) in [6.45, 7) is 7.73. The van der Waals surface area contributed by atoms with E-state index in [1.165, 1.54) is 0 Å². The van der Waals surface area contributed by atoms with Crippen LogP contribution in [0.25, 0.3) is 0 Å². The molecule has 2 N–H and O–H groups in total. The summed E-state index contributed by atoms with van der Waals surface area (Å²) in [6.07, 6.45) is 1.65. The Morgan fingerprint density at radius 2 is 1.85 bits per heavy atom. The second-order valence-corrected chi connectivity index (χ2v) is 5.50. The van der Waals surface area contributed by atoms with Gasteiger partial charge in [-0.1, -0.05) is 0 Å². The quantitative estimate of drug-likeness (QED) is 0.928. The van der Waals surface area contributed by atoms with Crippen LogP contribution in [-0.2, 0) is 0 Å². The Bertz CT molecular complexity index is 589. The summed E-state index contributed by atoms with van der Waals surface area (Å²) in [7, 11) is 0. The number of aromatic nitrogens is 2. The van der Waals surface area contributed by atoms with Gasteiger partial charge in [0.05, 0.1) is 11.9 Å². The highest BCUT2D eigenvalue weighted by molar-refractivity contribution is 5.50. The predicted octanol–water partition coefficient (Wildman–Crippen LogP) is 3.34. The number of nitrogens with zero attached hydrogens (tertiary/aromatic N) is 2. The van der Waals surface area contributed by atoms with Crippen molar-refractivity contribution in [3.05, 3.63) is 36.2 Å². The van der Waals surface area contributed by atoms with E-state index in [9.17, 15) is 0 Å². The van der Waals surface area contributed by atoms with Gasteiger partial charge in [0.1, 0.15) is 11.4 Å². The first kappa shape index (κ1) is 14.1. The molecular weight excluding hydrogens is 254 g/mol. The maximum atomic E-state index is 5.85. The number of nitrogens with two attached hydrogens (primary N) is 1. The maximum Gasteiger partial charge on any atom is 0.241 e. The van der Waals surface area contributed by atoms with E-state index in [4.69, 9.17) is 15.2 Å². The molecule has 5 heteroatoms. The van der Waals surface area contributed by atoms with Crippen LogP contribution in [0.15, 0.2) is 30.5 Å². The van der Waals surface area contributed by atoms with E-state index in [1.54, 1.807) is 18.3 Å². The Balaban J connectivity index is 2.20. The lowest BCUT2D eigenvalue weighted by molar-refractivity contribution is 0.124. The fourth-order valence-electron chi connectivity index (χ4n) is 1.50. The second-order valence-electron chi connectivity index (χ2n) is 5.50. The van der Waals surface area contributed by atoms with E-state index in [1.807, 2.05) is 39.8 Å². The van der Waals surface area contributed by atoms with Crippen LogP contribution in [0.4, 0.5) is 5.69 Å². The van der Waals surface area contributed by atoms with Gasteiger partial charge in [0.15, 0.2) is 0 Å². The molecule has 2 aromatic heterocycles. The Hall–Kier alpha value is -2.30. The molecule has 0 atom stereocenters.